The largest absolute Gasteiger partial charge is 0.313 e. The van der Waals surface area contributed by atoms with Crippen LogP contribution in [0.2, 0.25) is 0 Å². The maximum atomic E-state index is 3.48. The third-order valence-electron chi connectivity index (χ3n) is 2.12. The van der Waals surface area contributed by atoms with Gasteiger partial charge in [0.25, 0.3) is 0 Å². The van der Waals surface area contributed by atoms with Crippen molar-refractivity contribution in [2.24, 2.45) is 0 Å². The van der Waals surface area contributed by atoms with Gasteiger partial charge in [0.2, 0.25) is 0 Å². The molecular formula is C10H14BrN. The molecular weight excluding hydrogens is 214 g/mol. The van der Waals surface area contributed by atoms with Gasteiger partial charge in [-0.1, -0.05) is 28.1 Å². The summed E-state index contributed by atoms with van der Waals surface area (Å²) in [6.07, 6.45) is 0. The second-order valence-corrected chi connectivity index (χ2v) is 3.87. The van der Waals surface area contributed by atoms with E-state index in [0.717, 1.165) is 0 Å². The molecule has 12 heavy (non-hydrogen) atoms. The van der Waals surface area contributed by atoms with Crippen LogP contribution in [0.5, 0.6) is 0 Å². The first-order valence-electron chi connectivity index (χ1n) is 4.08. The molecule has 1 aromatic rings. The Kier molecular flexibility index (Phi) is 3.29. The summed E-state index contributed by atoms with van der Waals surface area (Å²) in [5.74, 6) is 0. The predicted molar refractivity (Wildman–Crippen MR) is 56.4 cm³/mol. The Bertz CT molecular complexity index is 271. The maximum absolute atomic E-state index is 3.48. The Morgan fingerprint density at radius 1 is 1.42 bits per heavy atom. The van der Waals surface area contributed by atoms with Crippen molar-refractivity contribution >= 4 is 15.9 Å². The first-order chi connectivity index (χ1) is 5.65. The summed E-state index contributed by atoms with van der Waals surface area (Å²) in [7, 11) is 1.97. The molecule has 1 atom stereocenters. The third-order valence-corrected chi connectivity index (χ3v) is 3.00. The van der Waals surface area contributed by atoms with E-state index in [-0.39, 0.29) is 0 Å². The summed E-state index contributed by atoms with van der Waals surface area (Å²) in [5, 5.41) is 3.21. The van der Waals surface area contributed by atoms with Crippen LogP contribution in [0.3, 0.4) is 0 Å². The molecule has 2 heteroatoms. The summed E-state index contributed by atoms with van der Waals surface area (Å²) in [6.45, 7) is 4.26. The zero-order valence-corrected chi connectivity index (χ0v) is 9.27. The highest BCUT2D eigenvalue weighted by atomic mass is 79.9. The van der Waals surface area contributed by atoms with Gasteiger partial charge in [-0.25, -0.2) is 0 Å². The molecule has 0 spiro atoms. The van der Waals surface area contributed by atoms with Gasteiger partial charge in [-0.3, -0.25) is 0 Å². The second-order valence-electron chi connectivity index (χ2n) is 3.02. The van der Waals surface area contributed by atoms with Crippen LogP contribution >= 0.6 is 15.9 Å². The van der Waals surface area contributed by atoms with E-state index < -0.39 is 0 Å². The lowest BCUT2D eigenvalue weighted by atomic mass is 10.1. The Hall–Kier alpha value is -0.340. The minimum atomic E-state index is 0.428. The van der Waals surface area contributed by atoms with E-state index in [9.17, 15) is 0 Å². The van der Waals surface area contributed by atoms with Crippen LogP contribution in [0.1, 0.15) is 24.1 Å². The molecule has 66 valence electrons. The monoisotopic (exact) mass is 227 g/mol. The first kappa shape index (κ1) is 9.75. The van der Waals surface area contributed by atoms with Crippen LogP contribution in [0.15, 0.2) is 22.7 Å². The molecule has 0 bridgehead atoms. The number of rotatable bonds is 2. The van der Waals surface area contributed by atoms with Crippen LogP contribution in [0.4, 0.5) is 0 Å². The minimum absolute atomic E-state index is 0.428. The van der Waals surface area contributed by atoms with E-state index in [2.05, 4.69) is 53.3 Å². The summed E-state index contributed by atoms with van der Waals surface area (Å²) < 4.78 is 1.18. The van der Waals surface area contributed by atoms with E-state index in [1.807, 2.05) is 7.05 Å². The van der Waals surface area contributed by atoms with Crippen molar-refractivity contribution in [2.75, 3.05) is 7.05 Å². The van der Waals surface area contributed by atoms with Crippen molar-refractivity contribution in [3.8, 4) is 0 Å². The first-order valence-corrected chi connectivity index (χ1v) is 4.87. The molecule has 0 aliphatic heterocycles. The fourth-order valence-electron chi connectivity index (χ4n) is 1.10. The Morgan fingerprint density at radius 2 is 2.08 bits per heavy atom. The third kappa shape index (κ3) is 2.08. The highest BCUT2D eigenvalue weighted by Crippen LogP contribution is 2.20. The van der Waals surface area contributed by atoms with Crippen molar-refractivity contribution < 1.29 is 0 Å². The number of nitrogens with one attached hydrogen (secondary N) is 1. The molecule has 1 N–H and O–H groups in total. The van der Waals surface area contributed by atoms with Gasteiger partial charge in [-0.15, -0.1) is 0 Å². The normalized spacial score (nSPS) is 13.0. The second kappa shape index (κ2) is 4.06. The van der Waals surface area contributed by atoms with Gasteiger partial charge in [0.1, 0.15) is 0 Å². The molecule has 0 aliphatic rings. The standard InChI is InChI=1S/C10H14BrN/c1-7-6-9(8(2)12-3)4-5-10(7)11/h4-6,8,12H,1-3H3. The van der Waals surface area contributed by atoms with Gasteiger partial charge in [-0.05, 0) is 38.1 Å². The van der Waals surface area contributed by atoms with Crippen LogP contribution in [-0.2, 0) is 0 Å². The molecule has 0 saturated heterocycles. The van der Waals surface area contributed by atoms with Gasteiger partial charge in [0.15, 0.2) is 0 Å². The quantitative estimate of drug-likeness (QED) is 0.820. The molecule has 1 aromatic carbocycles. The van der Waals surface area contributed by atoms with E-state index in [1.165, 1.54) is 15.6 Å². The number of hydrogen-bond acceptors (Lipinski definition) is 1. The highest BCUT2D eigenvalue weighted by Gasteiger charge is 2.02. The molecule has 1 nitrogen and oxygen atoms in total. The molecule has 1 unspecified atom stereocenters. The average molecular weight is 228 g/mol. The van der Waals surface area contributed by atoms with Crippen molar-refractivity contribution in [3.63, 3.8) is 0 Å². The van der Waals surface area contributed by atoms with E-state index >= 15 is 0 Å². The molecule has 0 aromatic heterocycles. The zero-order valence-electron chi connectivity index (χ0n) is 7.69. The van der Waals surface area contributed by atoms with Gasteiger partial charge < -0.3 is 5.32 Å². The number of hydrogen-bond donors (Lipinski definition) is 1. The average Bonchev–Trinajstić information content (AvgIpc) is 2.08. The molecule has 0 heterocycles. The van der Waals surface area contributed by atoms with Crippen LogP contribution in [0.25, 0.3) is 0 Å². The molecule has 0 fully saturated rings. The number of benzene rings is 1. The molecule has 1 rings (SSSR count). The zero-order chi connectivity index (χ0) is 9.14. The topological polar surface area (TPSA) is 12.0 Å². The van der Waals surface area contributed by atoms with Gasteiger partial charge in [-0.2, -0.15) is 0 Å². The lowest BCUT2D eigenvalue weighted by Crippen LogP contribution is -2.12. The molecule has 0 aliphatic carbocycles. The van der Waals surface area contributed by atoms with Gasteiger partial charge >= 0.3 is 0 Å². The summed E-state index contributed by atoms with van der Waals surface area (Å²) in [4.78, 5) is 0. The predicted octanol–water partition coefficient (Wildman–Crippen LogP) is 3.04. The highest BCUT2D eigenvalue weighted by molar-refractivity contribution is 9.10. The maximum Gasteiger partial charge on any atom is 0.0289 e. The lowest BCUT2D eigenvalue weighted by molar-refractivity contribution is 0.651. The molecule has 0 radical (unpaired) electrons. The number of aryl methyl sites for hydroxylation is 1. The Balaban J connectivity index is 2.96. The van der Waals surface area contributed by atoms with Crippen LogP contribution in [-0.4, -0.2) is 7.05 Å². The SMILES string of the molecule is CNC(C)c1ccc(Br)c(C)c1. The minimum Gasteiger partial charge on any atom is -0.313 e. The van der Waals surface area contributed by atoms with Crippen molar-refractivity contribution in [2.45, 2.75) is 19.9 Å². The Labute approximate surface area is 82.3 Å². The van der Waals surface area contributed by atoms with Gasteiger partial charge in [0.05, 0.1) is 0 Å². The fraction of sp³-hybridized carbons (Fsp3) is 0.400. The Morgan fingerprint density at radius 3 is 2.58 bits per heavy atom. The summed E-state index contributed by atoms with van der Waals surface area (Å²) in [5.41, 5.74) is 2.62. The van der Waals surface area contributed by atoms with Gasteiger partial charge in [0, 0.05) is 10.5 Å². The van der Waals surface area contributed by atoms with Crippen LogP contribution < -0.4 is 5.32 Å². The summed E-state index contributed by atoms with van der Waals surface area (Å²) in [6, 6.07) is 6.86. The van der Waals surface area contributed by atoms with E-state index in [4.69, 9.17) is 0 Å². The molecule has 0 saturated carbocycles. The summed E-state index contributed by atoms with van der Waals surface area (Å²) >= 11 is 3.48. The van der Waals surface area contributed by atoms with E-state index in [1.54, 1.807) is 0 Å². The smallest absolute Gasteiger partial charge is 0.0289 e. The lowest BCUT2D eigenvalue weighted by Gasteiger charge is -2.11. The van der Waals surface area contributed by atoms with Crippen molar-refractivity contribution in [1.29, 1.82) is 0 Å². The van der Waals surface area contributed by atoms with Crippen molar-refractivity contribution in [3.05, 3.63) is 33.8 Å². The van der Waals surface area contributed by atoms with E-state index in [0.29, 0.717) is 6.04 Å². The van der Waals surface area contributed by atoms with Crippen LogP contribution in [0, 0.1) is 6.92 Å². The molecule has 0 amide bonds. The fourth-order valence-corrected chi connectivity index (χ4v) is 1.35. The number of halogens is 1. The van der Waals surface area contributed by atoms with Crippen molar-refractivity contribution in [1.82, 2.24) is 5.32 Å².